The molecule has 0 aliphatic carbocycles. The number of thioether (sulfide) groups is 1. The van der Waals surface area contributed by atoms with Crippen molar-refractivity contribution in [3.63, 3.8) is 0 Å². The molecule has 0 aromatic heterocycles. The Morgan fingerprint density at radius 3 is 2.03 bits per heavy atom. The summed E-state index contributed by atoms with van der Waals surface area (Å²) in [7, 11) is 0. The van der Waals surface area contributed by atoms with E-state index in [0.29, 0.717) is 5.56 Å². The summed E-state index contributed by atoms with van der Waals surface area (Å²) in [5, 5.41) is 0. The second kappa shape index (κ2) is 14.2. The standard InChI is InChI=1S/C29H40O2S/c1-5-6-7-8-9-10-11-12-23-31-26-18-13-24(14-19-26)15-22-28(30)25-16-20-27(21-17-25)32-29(2,3)4/h13-22H,5-12,23H2,1-4H3/b22-15+. The lowest BCUT2D eigenvalue weighted by Crippen LogP contribution is -2.06. The van der Waals surface area contributed by atoms with Crippen molar-refractivity contribution in [2.45, 2.75) is 88.7 Å². The molecule has 0 bridgehead atoms. The zero-order chi connectivity index (χ0) is 23.2. The summed E-state index contributed by atoms with van der Waals surface area (Å²) in [5.74, 6) is 0.913. The van der Waals surface area contributed by atoms with Crippen molar-refractivity contribution in [1.29, 1.82) is 0 Å². The summed E-state index contributed by atoms with van der Waals surface area (Å²) in [4.78, 5) is 13.6. The highest BCUT2D eigenvalue weighted by Gasteiger charge is 2.12. The molecule has 0 atom stereocenters. The highest BCUT2D eigenvalue weighted by Crippen LogP contribution is 2.31. The summed E-state index contributed by atoms with van der Waals surface area (Å²) < 4.78 is 6.02. The average Bonchev–Trinajstić information content (AvgIpc) is 2.76. The van der Waals surface area contributed by atoms with Crippen LogP contribution in [0.4, 0.5) is 0 Å². The van der Waals surface area contributed by atoms with Crippen LogP contribution in [0.15, 0.2) is 59.5 Å². The molecule has 0 radical (unpaired) electrons. The predicted octanol–water partition coefficient (Wildman–Crippen LogP) is 8.99. The summed E-state index contributed by atoms with van der Waals surface area (Å²) in [6.45, 7) is 9.59. The monoisotopic (exact) mass is 452 g/mol. The fraction of sp³-hybridized carbons (Fsp3) is 0.483. The van der Waals surface area contributed by atoms with Crippen LogP contribution in [0.1, 0.15) is 95.0 Å². The van der Waals surface area contributed by atoms with Crippen molar-refractivity contribution < 1.29 is 9.53 Å². The Kier molecular flexibility index (Phi) is 11.7. The molecule has 0 heterocycles. The Bertz CT molecular complexity index is 814. The van der Waals surface area contributed by atoms with Gasteiger partial charge >= 0.3 is 0 Å². The third-order valence-electron chi connectivity index (χ3n) is 5.14. The number of allylic oxidation sites excluding steroid dienone is 1. The summed E-state index contributed by atoms with van der Waals surface area (Å²) in [6.07, 6.45) is 13.9. The minimum atomic E-state index is 0.0207. The van der Waals surface area contributed by atoms with Crippen LogP contribution < -0.4 is 4.74 Å². The van der Waals surface area contributed by atoms with Gasteiger partial charge in [0.15, 0.2) is 5.78 Å². The van der Waals surface area contributed by atoms with Crippen LogP contribution >= 0.6 is 11.8 Å². The van der Waals surface area contributed by atoms with E-state index in [2.05, 4.69) is 27.7 Å². The molecule has 0 N–H and O–H groups in total. The summed E-state index contributed by atoms with van der Waals surface area (Å²) in [6, 6.07) is 15.8. The second-order valence-electron chi connectivity index (χ2n) is 9.33. The predicted molar refractivity (Wildman–Crippen MR) is 140 cm³/mol. The quantitative estimate of drug-likeness (QED) is 0.124. The molecule has 174 valence electrons. The Balaban J connectivity index is 1.71. The van der Waals surface area contributed by atoms with Gasteiger partial charge in [-0.3, -0.25) is 4.79 Å². The van der Waals surface area contributed by atoms with Gasteiger partial charge < -0.3 is 4.74 Å². The van der Waals surface area contributed by atoms with Crippen molar-refractivity contribution in [2.24, 2.45) is 0 Å². The maximum absolute atomic E-state index is 12.5. The molecule has 2 aromatic rings. The number of unbranched alkanes of at least 4 members (excludes halogenated alkanes) is 7. The van der Waals surface area contributed by atoms with Gasteiger partial charge in [0, 0.05) is 15.2 Å². The molecule has 0 unspecified atom stereocenters. The van der Waals surface area contributed by atoms with Crippen molar-refractivity contribution in [3.8, 4) is 5.75 Å². The molecule has 3 heteroatoms. The third-order valence-corrected chi connectivity index (χ3v) is 6.26. The average molecular weight is 453 g/mol. The van der Waals surface area contributed by atoms with Gasteiger partial charge in [0.05, 0.1) is 6.61 Å². The third kappa shape index (κ3) is 11.0. The number of benzene rings is 2. The van der Waals surface area contributed by atoms with Crippen LogP contribution in [0.3, 0.4) is 0 Å². The zero-order valence-electron chi connectivity index (χ0n) is 20.4. The van der Waals surface area contributed by atoms with Gasteiger partial charge in [-0.2, -0.15) is 0 Å². The fourth-order valence-corrected chi connectivity index (χ4v) is 4.39. The van der Waals surface area contributed by atoms with Crippen molar-refractivity contribution >= 4 is 23.6 Å². The van der Waals surface area contributed by atoms with E-state index < -0.39 is 0 Å². The lowest BCUT2D eigenvalue weighted by atomic mass is 10.1. The van der Waals surface area contributed by atoms with E-state index in [4.69, 9.17) is 4.74 Å². The fourth-order valence-electron chi connectivity index (χ4n) is 3.41. The smallest absolute Gasteiger partial charge is 0.185 e. The van der Waals surface area contributed by atoms with Gasteiger partial charge in [0.25, 0.3) is 0 Å². The molecule has 0 fully saturated rings. The Morgan fingerprint density at radius 1 is 0.844 bits per heavy atom. The molecule has 0 aliphatic heterocycles. The molecule has 2 nitrogen and oxygen atoms in total. The molecule has 32 heavy (non-hydrogen) atoms. The number of ketones is 1. The Morgan fingerprint density at radius 2 is 1.44 bits per heavy atom. The lowest BCUT2D eigenvalue weighted by Gasteiger charge is -2.17. The molecule has 2 aromatic carbocycles. The first-order chi connectivity index (χ1) is 15.4. The van der Waals surface area contributed by atoms with Crippen LogP contribution in [0.25, 0.3) is 6.08 Å². The molecular formula is C29H40O2S. The van der Waals surface area contributed by atoms with E-state index in [-0.39, 0.29) is 10.5 Å². The Hall–Kier alpha value is -2.00. The van der Waals surface area contributed by atoms with E-state index in [1.807, 2.05) is 54.6 Å². The first kappa shape index (κ1) is 26.3. The van der Waals surface area contributed by atoms with Gasteiger partial charge in [0.1, 0.15) is 5.75 Å². The molecule has 0 aliphatic rings. The van der Waals surface area contributed by atoms with E-state index >= 15 is 0 Å². The number of hydrogen-bond acceptors (Lipinski definition) is 3. The van der Waals surface area contributed by atoms with Crippen molar-refractivity contribution in [2.75, 3.05) is 6.61 Å². The SMILES string of the molecule is CCCCCCCCCCOc1ccc(/C=C/C(=O)c2ccc(SC(C)(C)C)cc2)cc1. The highest BCUT2D eigenvalue weighted by molar-refractivity contribution is 8.00. The molecule has 2 rings (SSSR count). The van der Waals surface area contributed by atoms with Crippen LogP contribution in [0, 0.1) is 0 Å². The minimum absolute atomic E-state index is 0.0207. The normalized spacial score (nSPS) is 11.8. The van der Waals surface area contributed by atoms with E-state index in [9.17, 15) is 4.79 Å². The largest absolute Gasteiger partial charge is 0.494 e. The van der Waals surface area contributed by atoms with Gasteiger partial charge in [-0.05, 0) is 54.5 Å². The molecule has 0 saturated carbocycles. The van der Waals surface area contributed by atoms with E-state index in [1.54, 1.807) is 17.8 Å². The van der Waals surface area contributed by atoms with Gasteiger partial charge in [0.2, 0.25) is 0 Å². The number of rotatable bonds is 14. The topological polar surface area (TPSA) is 26.3 Å². The van der Waals surface area contributed by atoms with Gasteiger partial charge in [-0.1, -0.05) is 90.8 Å². The highest BCUT2D eigenvalue weighted by atomic mass is 32.2. The van der Waals surface area contributed by atoms with Gasteiger partial charge in [-0.25, -0.2) is 0 Å². The van der Waals surface area contributed by atoms with Crippen LogP contribution in [-0.4, -0.2) is 17.1 Å². The van der Waals surface area contributed by atoms with Crippen LogP contribution in [0.5, 0.6) is 5.75 Å². The Labute approximate surface area is 199 Å². The lowest BCUT2D eigenvalue weighted by molar-refractivity contribution is 0.104. The number of hydrogen-bond donors (Lipinski definition) is 0. The molecule has 0 amide bonds. The van der Waals surface area contributed by atoms with Crippen molar-refractivity contribution in [1.82, 2.24) is 0 Å². The molecule has 0 saturated heterocycles. The summed E-state index contributed by atoms with van der Waals surface area (Å²) >= 11 is 1.80. The first-order valence-corrected chi connectivity index (χ1v) is 12.9. The summed E-state index contributed by atoms with van der Waals surface area (Å²) in [5.41, 5.74) is 1.71. The van der Waals surface area contributed by atoms with Crippen LogP contribution in [0.2, 0.25) is 0 Å². The second-order valence-corrected chi connectivity index (χ2v) is 11.2. The number of carbonyl (C=O) groups excluding carboxylic acids is 1. The zero-order valence-corrected chi connectivity index (χ0v) is 21.2. The van der Waals surface area contributed by atoms with Crippen molar-refractivity contribution in [3.05, 3.63) is 65.7 Å². The number of ether oxygens (including phenoxy) is 1. The maximum atomic E-state index is 12.5. The van der Waals surface area contributed by atoms with Crippen LogP contribution in [-0.2, 0) is 0 Å². The van der Waals surface area contributed by atoms with Gasteiger partial charge in [-0.15, -0.1) is 11.8 Å². The maximum Gasteiger partial charge on any atom is 0.185 e. The minimum Gasteiger partial charge on any atom is -0.494 e. The number of carbonyl (C=O) groups is 1. The van der Waals surface area contributed by atoms with E-state index in [0.717, 1.165) is 24.3 Å². The molecule has 0 spiro atoms. The first-order valence-electron chi connectivity index (χ1n) is 12.1. The van der Waals surface area contributed by atoms with E-state index in [1.165, 1.54) is 49.8 Å². The molecular weight excluding hydrogens is 412 g/mol.